The zero-order valence-corrected chi connectivity index (χ0v) is 9.90. The normalized spacial score (nSPS) is 12.4. The molecule has 5 N–H and O–H groups in total. The molecule has 17 heavy (non-hydrogen) atoms. The van der Waals surface area contributed by atoms with E-state index in [1.54, 1.807) is 19.9 Å². The number of carbonyl (C=O) groups is 1. The van der Waals surface area contributed by atoms with Gasteiger partial charge in [0.05, 0.1) is 0 Å². The number of aromatic hydroxyl groups is 2. The molecule has 1 aromatic carbocycles. The molecular formula is C12H17NO4. The van der Waals surface area contributed by atoms with Gasteiger partial charge < -0.3 is 21.1 Å². The molecule has 1 rings (SSSR count). The predicted octanol–water partition coefficient (Wildman–Crippen LogP) is 1.58. The Hall–Kier alpha value is -1.75. The summed E-state index contributed by atoms with van der Waals surface area (Å²) in [6, 6.07) is 1.08. The van der Waals surface area contributed by atoms with Crippen molar-refractivity contribution in [1.29, 1.82) is 0 Å². The van der Waals surface area contributed by atoms with E-state index < -0.39 is 12.0 Å². The highest BCUT2D eigenvalue weighted by molar-refractivity contribution is 5.66. The van der Waals surface area contributed by atoms with Crippen LogP contribution in [0.3, 0.4) is 0 Å². The molecule has 5 heteroatoms. The molecule has 0 aliphatic carbocycles. The summed E-state index contributed by atoms with van der Waals surface area (Å²) in [4.78, 5) is 10.4. The maximum atomic E-state index is 10.4. The summed E-state index contributed by atoms with van der Waals surface area (Å²) in [5.74, 6) is -1.38. The number of hydrogen-bond acceptors (Lipinski definition) is 4. The molecule has 0 aliphatic heterocycles. The van der Waals surface area contributed by atoms with Crippen LogP contribution < -0.4 is 5.73 Å². The molecule has 0 aromatic heterocycles. The van der Waals surface area contributed by atoms with E-state index in [2.05, 4.69) is 0 Å². The van der Waals surface area contributed by atoms with Crippen LogP contribution in [0.25, 0.3) is 0 Å². The van der Waals surface area contributed by atoms with Crippen molar-refractivity contribution in [1.82, 2.24) is 0 Å². The Kier molecular flexibility index (Phi) is 3.96. The molecule has 1 aromatic rings. The summed E-state index contributed by atoms with van der Waals surface area (Å²) in [5, 5.41) is 28.0. The number of nitrogens with two attached hydrogens (primary N) is 1. The van der Waals surface area contributed by atoms with Gasteiger partial charge in [0.25, 0.3) is 0 Å². The summed E-state index contributed by atoms with van der Waals surface area (Å²) in [5.41, 5.74) is 7.58. The maximum Gasteiger partial charge on any atom is 0.303 e. The Morgan fingerprint density at radius 3 is 2.47 bits per heavy atom. The van der Waals surface area contributed by atoms with E-state index in [0.29, 0.717) is 11.1 Å². The summed E-state index contributed by atoms with van der Waals surface area (Å²) in [7, 11) is 0. The average Bonchev–Trinajstić information content (AvgIpc) is 2.28. The number of carboxylic acids is 1. The highest BCUT2D eigenvalue weighted by Crippen LogP contribution is 2.37. The van der Waals surface area contributed by atoms with Crippen LogP contribution in [0.15, 0.2) is 6.07 Å². The van der Waals surface area contributed by atoms with E-state index in [4.69, 9.17) is 10.8 Å². The van der Waals surface area contributed by atoms with Gasteiger partial charge in [0.1, 0.15) is 0 Å². The second-order valence-corrected chi connectivity index (χ2v) is 4.14. The fourth-order valence-electron chi connectivity index (χ4n) is 1.63. The average molecular weight is 239 g/mol. The highest BCUT2D eigenvalue weighted by atomic mass is 16.4. The SMILES string of the molecule is Cc1cc(C(N)CCC(=O)O)c(O)c(O)c1C. The number of carboxylic acid groups (broad SMARTS) is 1. The van der Waals surface area contributed by atoms with Gasteiger partial charge in [0, 0.05) is 18.0 Å². The molecule has 1 unspecified atom stereocenters. The van der Waals surface area contributed by atoms with Crippen molar-refractivity contribution in [2.75, 3.05) is 0 Å². The van der Waals surface area contributed by atoms with Crippen molar-refractivity contribution in [2.45, 2.75) is 32.7 Å². The first-order valence-corrected chi connectivity index (χ1v) is 5.34. The zero-order chi connectivity index (χ0) is 13.2. The monoisotopic (exact) mass is 239 g/mol. The molecule has 0 radical (unpaired) electrons. The van der Waals surface area contributed by atoms with Gasteiger partial charge in [0.15, 0.2) is 11.5 Å². The smallest absolute Gasteiger partial charge is 0.303 e. The van der Waals surface area contributed by atoms with Crippen molar-refractivity contribution in [2.24, 2.45) is 5.73 Å². The lowest BCUT2D eigenvalue weighted by atomic mass is 9.96. The largest absolute Gasteiger partial charge is 0.504 e. The Balaban J connectivity index is 3.02. The van der Waals surface area contributed by atoms with E-state index in [1.165, 1.54) is 0 Å². The Labute approximate surface area is 99.5 Å². The number of phenolic OH excluding ortho intramolecular Hbond substituents is 2. The summed E-state index contributed by atoms with van der Waals surface area (Å²) < 4.78 is 0. The fraction of sp³-hybridized carbons (Fsp3) is 0.417. The first-order chi connectivity index (χ1) is 7.84. The highest BCUT2D eigenvalue weighted by Gasteiger charge is 2.18. The molecule has 0 aliphatic rings. The summed E-state index contributed by atoms with van der Waals surface area (Å²) >= 11 is 0. The molecule has 0 bridgehead atoms. The van der Waals surface area contributed by atoms with Crippen molar-refractivity contribution in [3.8, 4) is 11.5 Å². The molecule has 0 fully saturated rings. The van der Waals surface area contributed by atoms with Crippen molar-refractivity contribution >= 4 is 5.97 Å². The molecule has 0 spiro atoms. The van der Waals surface area contributed by atoms with Gasteiger partial charge in [-0.2, -0.15) is 0 Å². The van der Waals surface area contributed by atoms with Crippen LogP contribution >= 0.6 is 0 Å². The molecule has 0 heterocycles. The number of phenols is 2. The van der Waals surface area contributed by atoms with Crippen molar-refractivity contribution in [3.63, 3.8) is 0 Å². The molecule has 0 saturated carbocycles. The quantitative estimate of drug-likeness (QED) is 0.597. The second kappa shape index (κ2) is 5.05. The zero-order valence-electron chi connectivity index (χ0n) is 9.90. The lowest BCUT2D eigenvalue weighted by Crippen LogP contribution is -2.13. The van der Waals surface area contributed by atoms with Crippen molar-refractivity contribution < 1.29 is 20.1 Å². The van der Waals surface area contributed by atoms with Crippen LogP contribution in [0.2, 0.25) is 0 Å². The third-order valence-electron chi connectivity index (χ3n) is 2.89. The third kappa shape index (κ3) is 2.88. The number of hydrogen-bond donors (Lipinski definition) is 4. The summed E-state index contributed by atoms with van der Waals surface area (Å²) in [6.07, 6.45) is 0.138. The lowest BCUT2D eigenvalue weighted by Gasteiger charge is -2.16. The molecule has 5 nitrogen and oxygen atoms in total. The summed E-state index contributed by atoms with van der Waals surface area (Å²) in [6.45, 7) is 3.48. The lowest BCUT2D eigenvalue weighted by molar-refractivity contribution is -0.137. The predicted molar refractivity (Wildman–Crippen MR) is 63.0 cm³/mol. The molecule has 1 atom stereocenters. The molecule has 0 amide bonds. The van der Waals surface area contributed by atoms with Crippen LogP contribution in [-0.2, 0) is 4.79 Å². The third-order valence-corrected chi connectivity index (χ3v) is 2.89. The Bertz CT molecular complexity index is 443. The van der Waals surface area contributed by atoms with Gasteiger partial charge in [-0.15, -0.1) is 0 Å². The number of aliphatic carboxylic acids is 1. The number of aryl methyl sites for hydroxylation is 1. The van der Waals surface area contributed by atoms with E-state index in [9.17, 15) is 15.0 Å². The number of rotatable bonds is 4. The Morgan fingerprint density at radius 2 is 1.94 bits per heavy atom. The molecule has 0 saturated heterocycles. The van der Waals surface area contributed by atoms with Gasteiger partial charge in [-0.1, -0.05) is 6.07 Å². The van der Waals surface area contributed by atoms with E-state index >= 15 is 0 Å². The van der Waals surface area contributed by atoms with Crippen LogP contribution in [0.4, 0.5) is 0 Å². The van der Waals surface area contributed by atoms with Crippen LogP contribution in [0, 0.1) is 13.8 Å². The van der Waals surface area contributed by atoms with Gasteiger partial charge in [0.2, 0.25) is 0 Å². The van der Waals surface area contributed by atoms with Gasteiger partial charge in [-0.05, 0) is 31.4 Å². The topological polar surface area (TPSA) is 104 Å². The maximum absolute atomic E-state index is 10.4. The van der Waals surface area contributed by atoms with E-state index in [0.717, 1.165) is 5.56 Å². The minimum absolute atomic E-state index is 0.0751. The van der Waals surface area contributed by atoms with Crippen molar-refractivity contribution in [3.05, 3.63) is 22.8 Å². The van der Waals surface area contributed by atoms with Gasteiger partial charge >= 0.3 is 5.97 Å². The fourth-order valence-corrected chi connectivity index (χ4v) is 1.63. The standard InChI is InChI=1S/C12H17NO4/c1-6-5-8(9(13)3-4-10(14)15)12(17)11(16)7(6)2/h5,9,16-17H,3-4,13H2,1-2H3,(H,14,15). The van der Waals surface area contributed by atoms with E-state index in [-0.39, 0.29) is 24.3 Å². The van der Waals surface area contributed by atoms with E-state index in [1.807, 2.05) is 0 Å². The second-order valence-electron chi connectivity index (χ2n) is 4.14. The Morgan fingerprint density at radius 1 is 1.35 bits per heavy atom. The minimum Gasteiger partial charge on any atom is -0.504 e. The van der Waals surface area contributed by atoms with Crippen LogP contribution in [-0.4, -0.2) is 21.3 Å². The molecular weight excluding hydrogens is 222 g/mol. The minimum atomic E-state index is -0.937. The van der Waals surface area contributed by atoms with Gasteiger partial charge in [-0.25, -0.2) is 0 Å². The molecule has 94 valence electrons. The first-order valence-electron chi connectivity index (χ1n) is 5.34. The van der Waals surface area contributed by atoms with Crippen LogP contribution in [0.5, 0.6) is 11.5 Å². The number of benzene rings is 1. The van der Waals surface area contributed by atoms with Crippen LogP contribution in [0.1, 0.15) is 35.6 Å². The first kappa shape index (κ1) is 13.3. The van der Waals surface area contributed by atoms with Gasteiger partial charge in [-0.3, -0.25) is 4.79 Å².